The van der Waals surface area contributed by atoms with Crippen molar-refractivity contribution in [2.24, 2.45) is 5.41 Å². The van der Waals surface area contributed by atoms with E-state index in [-0.39, 0.29) is 42.4 Å². The van der Waals surface area contributed by atoms with Gasteiger partial charge in [-0.2, -0.15) is 0 Å². The van der Waals surface area contributed by atoms with Gasteiger partial charge in [-0.05, 0) is 76.7 Å². The summed E-state index contributed by atoms with van der Waals surface area (Å²) in [4.78, 5) is 8.60. The number of pyridine rings is 2. The fourth-order valence-corrected chi connectivity index (χ4v) is 5.97. The van der Waals surface area contributed by atoms with Crippen LogP contribution in [0.15, 0.2) is 144 Å². The van der Waals surface area contributed by atoms with E-state index in [9.17, 15) is 0 Å². The van der Waals surface area contributed by atoms with Crippen LogP contribution in [0.1, 0.15) is 58.1 Å². The van der Waals surface area contributed by atoms with Gasteiger partial charge in [-0.1, -0.05) is 125 Å². The van der Waals surface area contributed by atoms with Crippen LogP contribution in [0.4, 0.5) is 0 Å². The third-order valence-corrected chi connectivity index (χ3v) is 8.37. The van der Waals surface area contributed by atoms with E-state index >= 15 is 0 Å². The number of nitrogens with zero attached hydrogens (tertiary/aromatic N) is 2. The number of aromatic nitrogens is 2. The van der Waals surface area contributed by atoms with Crippen LogP contribution < -0.4 is 0 Å². The summed E-state index contributed by atoms with van der Waals surface area (Å²) in [5.74, 6) is 0. The summed E-state index contributed by atoms with van der Waals surface area (Å²) in [5, 5.41) is 1.87. The fraction of sp³-hybridized carbons (Fsp3) is 0.167. The Hall–Kier alpha value is -5.15. The van der Waals surface area contributed by atoms with Gasteiger partial charge in [-0.3, -0.25) is 4.98 Å². The van der Waals surface area contributed by atoms with E-state index in [1.54, 1.807) is 39.0 Å². The number of benzene rings is 5. The Morgan fingerprint density at radius 3 is 1.92 bits per heavy atom. The standard InChI is InChI=1S/C35H31NO.C13H12N.Ir/c1-23-22-36-32(20-27(23)21-35(2,3)4)31-15-9-14-30-29-13-8-12-28(33(29)37-34(30)31)26-18-16-25(17-19-26)24-10-6-5-7-11-24;1-10-3-6-12(7-4-10)13-8-5-11(2)9-14-13;/h5-20,22H,21H2,1-4H3;3-6,8-9H,1-2H3;/q;-1;/i1D3,21D2;1D3,2D3;. The first kappa shape index (κ1) is 24.9. The fourth-order valence-electron chi connectivity index (χ4n) is 5.97. The predicted molar refractivity (Wildman–Crippen MR) is 214 cm³/mol. The van der Waals surface area contributed by atoms with Gasteiger partial charge in [0.25, 0.3) is 0 Å². The molecule has 0 atom stereocenters. The molecule has 0 aliphatic carbocycles. The summed E-state index contributed by atoms with van der Waals surface area (Å²) < 4.78 is 92.2. The quantitative estimate of drug-likeness (QED) is 0.162. The van der Waals surface area contributed by atoms with Gasteiger partial charge < -0.3 is 9.40 Å². The molecule has 0 aliphatic rings. The van der Waals surface area contributed by atoms with Gasteiger partial charge in [0, 0.05) is 69.5 Å². The molecule has 1 radical (unpaired) electrons. The molecule has 0 unspecified atom stereocenters. The first-order valence-electron chi connectivity index (χ1n) is 22.1. The van der Waals surface area contributed by atoms with Gasteiger partial charge in [0.1, 0.15) is 11.2 Å². The van der Waals surface area contributed by atoms with Crippen LogP contribution in [0, 0.1) is 32.0 Å². The Morgan fingerprint density at radius 1 is 0.635 bits per heavy atom. The maximum Gasteiger partial charge on any atom is 0.144 e. The molecule has 0 bridgehead atoms. The molecule has 52 heavy (non-hydrogen) atoms. The molecule has 0 saturated carbocycles. The number of fused-ring (bicyclic) bond motifs is 3. The summed E-state index contributed by atoms with van der Waals surface area (Å²) >= 11 is 0. The molecule has 0 saturated heterocycles. The van der Waals surface area contributed by atoms with Crippen molar-refractivity contribution >= 4 is 21.9 Å². The third-order valence-electron chi connectivity index (χ3n) is 8.37. The van der Waals surface area contributed by atoms with E-state index in [4.69, 9.17) is 19.5 Å². The Labute approximate surface area is 336 Å². The zero-order valence-electron chi connectivity index (χ0n) is 39.9. The summed E-state index contributed by atoms with van der Waals surface area (Å²) in [7, 11) is 0. The molecule has 3 nitrogen and oxygen atoms in total. The molecule has 0 amide bonds. The molecular formula is C48H43IrN2O-. The number of hydrogen-bond acceptors (Lipinski definition) is 3. The van der Waals surface area contributed by atoms with Crippen molar-refractivity contribution in [1.29, 1.82) is 0 Å². The Balaban J connectivity index is 0.000000265. The van der Waals surface area contributed by atoms with Gasteiger partial charge in [-0.25, -0.2) is 0 Å². The third kappa shape index (κ3) is 8.15. The van der Waals surface area contributed by atoms with E-state index in [2.05, 4.69) is 52.4 Å². The molecule has 261 valence electrons. The molecule has 3 aromatic heterocycles. The summed E-state index contributed by atoms with van der Waals surface area (Å²) in [6.45, 7) is -1.54. The van der Waals surface area contributed by atoms with Crippen molar-refractivity contribution in [3.8, 4) is 44.8 Å². The van der Waals surface area contributed by atoms with Crippen molar-refractivity contribution in [1.82, 2.24) is 9.97 Å². The van der Waals surface area contributed by atoms with Gasteiger partial charge in [-0.15, -0.1) is 35.4 Å². The zero-order valence-corrected chi connectivity index (χ0v) is 31.3. The van der Waals surface area contributed by atoms with Crippen LogP contribution in [0.25, 0.3) is 66.7 Å². The topological polar surface area (TPSA) is 38.9 Å². The van der Waals surface area contributed by atoms with Crippen molar-refractivity contribution < 1.29 is 39.6 Å². The second-order valence-electron chi connectivity index (χ2n) is 13.3. The molecule has 0 fully saturated rings. The first-order chi connectivity index (χ1) is 29.0. The predicted octanol–water partition coefficient (Wildman–Crippen LogP) is 13.0. The van der Waals surface area contributed by atoms with Crippen LogP contribution >= 0.6 is 0 Å². The minimum atomic E-state index is -2.50. The molecule has 0 N–H and O–H groups in total. The average Bonchev–Trinajstić information content (AvgIpc) is 3.62. The maximum absolute atomic E-state index is 8.91. The van der Waals surface area contributed by atoms with Gasteiger partial charge in [0.2, 0.25) is 0 Å². The first-order valence-corrected chi connectivity index (χ1v) is 16.6. The normalized spacial score (nSPS) is 15.3. The van der Waals surface area contributed by atoms with Gasteiger partial charge >= 0.3 is 0 Å². The molecular weight excluding hydrogens is 813 g/mol. The molecule has 0 aliphatic heterocycles. The van der Waals surface area contributed by atoms with Crippen LogP contribution in [-0.2, 0) is 26.5 Å². The molecule has 5 aromatic carbocycles. The number of rotatable bonds is 5. The summed E-state index contributed by atoms with van der Waals surface area (Å²) in [5.41, 5.74) is 7.53. The number of hydrogen-bond donors (Lipinski definition) is 0. The Bertz CT molecular complexity index is 2790. The molecule has 4 heteroatoms. The Morgan fingerprint density at radius 2 is 1.29 bits per heavy atom. The smallest absolute Gasteiger partial charge is 0.144 e. The average molecular weight is 867 g/mol. The van der Waals surface area contributed by atoms with Crippen molar-refractivity contribution in [3.05, 3.63) is 168 Å². The number of aryl methyl sites for hydroxylation is 3. The minimum absolute atomic E-state index is 0. The minimum Gasteiger partial charge on any atom is -0.455 e. The van der Waals surface area contributed by atoms with Crippen LogP contribution in [0.3, 0.4) is 0 Å². The Kier molecular flexibility index (Phi) is 7.49. The van der Waals surface area contributed by atoms with Crippen LogP contribution in [0.5, 0.6) is 0 Å². The van der Waals surface area contributed by atoms with E-state index in [0.717, 1.165) is 38.6 Å². The molecule has 0 spiro atoms. The number of para-hydroxylation sites is 2. The monoisotopic (exact) mass is 867 g/mol. The van der Waals surface area contributed by atoms with E-state index in [1.165, 1.54) is 30.6 Å². The van der Waals surface area contributed by atoms with E-state index in [0.29, 0.717) is 28.1 Å². The second kappa shape index (κ2) is 15.6. The van der Waals surface area contributed by atoms with Crippen molar-refractivity contribution in [3.63, 3.8) is 0 Å². The molecule has 8 aromatic rings. The van der Waals surface area contributed by atoms with E-state index in [1.807, 2.05) is 54.6 Å². The van der Waals surface area contributed by atoms with E-state index < -0.39 is 32.3 Å². The number of furan rings is 1. The summed E-state index contributed by atoms with van der Waals surface area (Å²) in [6, 6.07) is 42.6. The molecule has 3 heterocycles. The SMILES string of the molecule is [2H]C([2H])([2H])c1c[c-]c(-c2ccc(C([2H])([2H])[2H])cn2)cc1.[2H]C([2H])([2H])c1cnc(-c2cccc3c2oc2c(-c4ccc(-c5ccccc5)cc4)cccc23)cc1C([2H])([2H])C(C)(C)C.[Ir]. The summed E-state index contributed by atoms with van der Waals surface area (Å²) in [6.07, 6.45) is 0.672. The van der Waals surface area contributed by atoms with Crippen LogP contribution in [0.2, 0.25) is 0 Å². The van der Waals surface area contributed by atoms with Gasteiger partial charge in [0.05, 0.1) is 5.69 Å². The largest absolute Gasteiger partial charge is 0.455 e. The van der Waals surface area contributed by atoms with Crippen molar-refractivity contribution in [2.45, 2.75) is 47.7 Å². The second-order valence-corrected chi connectivity index (χ2v) is 13.3. The zero-order chi connectivity index (χ0) is 44.8. The van der Waals surface area contributed by atoms with Crippen LogP contribution in [-0.4, -0.2) is 9.97 Å². The van der Waals surface area contributed by atoms with Crippen molar-refractivity contribution in [2.75, 3.05) is 0 Å². The maximum atomic E-state index is 8.91. The molecule has 8 rings (SSSR count). The van der Waals surface area contributed by atoms with Gasteiger partial charge in [0.15, 0.2) is 0 Å².